The average molecular weight is 469 g/mol. The van der Waals surface area contributed by atoms with E-state index in [0.717, 1.165) is 22.3 Å². The van der Waals surface area contributed by atoms with Crippen molar-refractivity contribution in [2.75, 3.05) is 20.3 Å². The zero-order valence-electron chi connectivity index (χ0n) is 19.7. The molecule has 0 radical (unpaired) electrons. The number of rotatable bonds is 11. The Labute approximate surface area is 199 Å². The third-order valence-corrected chi connectivity index (χ3v) is 5.90. The van der Waals surface area contributed by atoms with Crippen molar-refractivity contribution in [3.8, 4) is 11.1 Å². The van der Waals surface area contributed by atoms with Crippen LogP contribution in [0.15, 0.2) is 48.5 Å². The molecule has 1 aliphatic rings. The molecule has 3 N–H and O–H groups in total. The van der Waals surface area contributed by atoms with E-state index in [0.29, 0.717) is 6.42 Å². The van der Waals surface area contributed by atoms with E-state index >= 15 is 0 Å². The Morgan fingerprint density at radius 1 is 1.00 bits per heavy atom. The van der Waals surface area contributed by atoms with Gasteiger partial charge in [0.15, 0.2) is 0 Å². The van der Waals surface area contributed by atoms with Gasteiger partial charge in [-0.25, -0.2) is 4.79 Å². The molecule has 0 spiro atoms. The molecule has 2 aromatic carbocycles. The van der Waals surface area contributed by atoms with Crippen LogP contribution in [-0.2, 0) is 19.1 Å². The summed E-state index contributed by atoms with van der Waals surface area (Å²) in [4.78, 5) is 36.3. The minimum absolute atomic E-state index is 0.0304. The molecule has 0 aromatic heterocycles. The van der Waals surface area contributed by atoms with E-state index in [9.17, 15) is 14.4 Å². The smallest absolute Gasteiger partial charge is 0.407 e. The average Bonchev–Trinajstić information content (AvgIpc) is 3.13. The standard InChI is InChI=1S/C26H32N2O6/c1-16(2)12-23(25(31)27-14-17(33-3)13-24(29)30)28-26(32)34-15-22-20-10-6-4-8-18(20)19-9-5-7-11-21(19)22/h4-11,16-17,22-23H,12-15H2,1-3H3,(H,27,31)(H,28,32)(H,29,30)/t17?,23-/m1/s1. The predicted molar refractivity (Wildman–Crippen MR) is 128 cm³/mol. The number of amides is 2. The Morgan fingerprint density at radius 2 is 1.59 bits per heavy atom. The van der Waals surface area contributed by atoms with Crippen molar-refractivity contribution in [3.63, 3.8) is 0 Å². The van der Waals surface area contributed by atoms with Gasteiger partial charge in [-0.05, 0) is 34.6 Å². The van der Waals surface area contributed by atoms with Crippen LogP contribution in [-0.4, -0.2) is 55.5 Å². The van der Waals surface area contributed by atoms with Crippen LogP contribution in [0, 0.1) is 5.92 Å². The molecule has 182 valence electrons. The number of benzene rings is 2. The van der Waals surface area contributed by atoms with Crippen LogP contribution in [0.5, 0.6) is 0 Å². The number of fused-ring (bicyclic) bond motifs is 3. The lowest BCUT2D eigenvalue weighted by Crippen LogP contribution is -2.49. The van der Waals surface area contributed by atoms with Crippen molar-refractivity contribution in [1.82, 2.24) is 10.6 Å². The molecule has 2 aromatic rings. The molecular formula is C26H32N2O6. The summed E-state index contributed by atoms with van der Waals surface area (Å²) < 4.78 is 10.7. The molecule has 3 rings (SSSR count). The second kappa shape index (κ2) is 11.7. The fraction of sp³-hybridized carbons (Fsp3) is 0.423. The third kappa shape index (κ3) is 6.35. The fourth-order valence-electron chi connectivity index (χ4n) is 4.26. The maximum absolute atomic E-state index is 12.7. The molecule has 34 heavy (non-hydrogen) atoms. The number of nitrogens with one attached hydrogen (secondary N) is 2. The number of aliphatic carboxylic acids is 1. The largest absolute Gasteiger partial charge is 0.481 e. The Hall–Kier alpha value is -3.39. The van der Waals surface area contributed by atoms with Crippen molar-refractivity contribution in [2.24, 2.45) is 5.92 Å². The molecule has 0 heterocycles. The fourth-order valence-corrected chi connectivity index (χ4v) is 4.26. The first kappa shape index (κ1) is 25.2. The molecule has 1 aliphatic carbocycles. The summed E-state index contributed by atoms with van der Waals surface area (Å²) in [5.41, 5.74) is 4.49. The normalized spacial score (nSPS) is 14.1. The minimum atomic E-state index is -1.02. The van der Waals surface area contributed by atoms with Crippen molar-refractivity contribution in [3.05, 3.63) is 59.7 Å². The number of carbonyl (C=O) groups is 3. The lowest BCUT2D eigenvalue weighted by atomic mass is 9.98. The van der Waals surface area contributed by atoms with Crippen molar-refractivity contribution in [1.29, 1.82) is 0 Å². The number of hydrogen-bond donors (Lipinski definition) is 3. The first-order valence-corrected chi connectivity index (χ1v) is 11.4. The molecule has 0 fully saturated rings. The molecule has 8 nitrogen and oxygen atoms in total. The summed E-state index contributed by atoms with van der Waals surface area (Å²) in [6.07, 6.45) is -1.15. The number of carbonyl (C=O) groups excluding carboxylic acids is 2. The van der Waals surface area contributed by atoms with Crippen LogP contribution < -0.4 is 10.6 Å². The van der Waals surface area contributed by atoms with Gasteiger partial charge in [0.05, 0.1) is 12.5 Å². The van der Waals surface area contributed by atoms with Crippen molar-refractivity contribution in [2.45, 2.75) is 44.8 Å². The van der Waals surface area contributed by atoms with E-state index in [2.05, 4.69) is 22.8 Å². The van der Waals surface area contributed by atoms with Gasteiger partial charge in [-0.3, -0.25) is 9.59 Å². The lowest BCUT2D eigenvalue weighted by Gasteiger charge is -2.22. The van der Waals surface area contributed by atoms with Gasteiger partial charge in [-0.1, -0.05) is 62.4 Å². The van der Waals surface area contributed by atoms with E-state index in [1.54, 1.807) is 0 Å². The van der Waals surface area contributed by atoms with E-state index in [-0.39, 0.29) is 31.4 Å². The van der Waals surface area contributed by atoms with Gasteiger partial charge in [0.25, 0.3) is 0 Å². The van der Waals surface area contributed by atoms with Gasteiger partial charge in [-0.15, -0.1) is 0 Å². The van der Waals surface area contributed by atoms with E-state index in [4.69, 9.17) is 14.6 Å². The van der Waals surface area contributed by atoms with Crippen LogP contribution in [0.1, 0.15) is 43.7 Å². The quantitative estimate of drug-likeness (QED) is 0.465. The zero-order valence-corrected chi connectivity index (χ0v) is 19.7. The molecule has 1 unspecified atom stereocenters. The van der Waals surface area contributed by atoms with Crippen LogP contribution in [0.25, 0.3) is 11.1 Å². The molecule has 0 bridgehead atoms. The first-order valence-electron chi connectivity index (χ1n) is 11.4. The van der Waals surface area contributed by atoms with Gasteiger partial charge in [-0.2, -0.15) is 0 Å². The topological polar surface area (TPSA) is 114 Å². The summed E-state index contributed by atoms with van der Waals surface area (Å²) in [5.74, 6) is -1.36. The van der Waals surface area contributed by atoms with Crippen LogP contribution in [0.4, 0.5) is 4.79 Å². The summed E-state index contributed by atoms with van der Waals surface area (Å²) in [6, 6.07) is 15.3. The molecule has 2 atom stereocenters. The Balaban J connectivity index is 1.61. The van der Waals surface area contributed by atoms with E-state index in [1.807, 2.05) is 50.2 Å². The Kier molecular flexibility index (Phi) is 8.65. The van der Waals surface area contributed by atoms with Gasteiger partial charge in [0.2, 0.25) is 5.91 Å². The first-order chi connectivity index (χ1) is 16.3. The molecule has 0 saturated carbocycles. The number of alkyl carbamates (subject to hydrolysis) is 1. The van der Waals surface area contributed by atoms with E-state index in [1.165, 1.54) is 7.11 Å². The highest BCUT2D eigenvalue weighted by Crippen LogP contribution is 2.44. The second-order valence-corrected chi connectivity index (χ2v) is 8.85. The summed E-state index contributed by atoms with van der Waals surface area (Å²) in [7, 11) is 1.39. The highest BCUT2D eigenvalue weighted by molar-refractivity contribution is 5.86. The summed E-state index contributed by atoms with van der Waals surface area (Å²) in [6.45, 7) is 4.08. The maximum Gasteiger partial charge on any atom is 0.407 e. The SMILES string of the molecule is COC(CNC(=O)[C@@H](CC(C)C)NC(=O)OCC1c2ccccc2-c2ccccc21)CC(=O)O. The number of carboxylic acids is 1. The van der Waals surface area contributed by atoms with Crippen molar-refractivity contribution >= 4 is 18.0 Å². The molecule has 0 saturated heterocycles. The molecular weight excluding hydrogens is 436 g/mol. The molecule has 0 aliphatic heterocycles. The number of ether oxygens (including phenoxy) is 2. The lowest BCUT2D eigenvalue weighted by molar-refractivity contribution is -0.140. The predicted octanol–water partition coefficient (Wildman–Crippen LogP) is 3.55. The highest BCUT2D eigenvalue weighted by Gasteiger charge is 2.30. The van der Waals surface area contributed by atoms with Crippen LogP contribution in [0.2, 0.25) is 0 Å². The van der Waals surface area contributed by atoms with Crippen molar-refractivity contribution < 1.29 is 29.0 Å². The Morgan fingerprint density at radius 3 is 2.12 bits per heavy atom. The summed E-state index contributed by atoms with van der Waals surface area (Å²) in [5, 5.41) is 14.3. The molecule has 8 heteroatoms. The van der Waals surface area contributed by atoms with Gasteiger partial charge in [0.1, 0.15) is 12.6 Å². The highest BCUT2D eigenvalue weighted by atomic mass is 16.5. The molecule has 2 amide bonds. The Bertz CT molecular complexity index is 976. The van der Waals surface area contributed by atoms with Gasteiger partial charge in [0, 0.05) is 19.6 Å². The van der Waals surface area contributed by atoms with Crippen LogP contribution >= 0.6 is 0 Å². The monoisotopic (exact) mass is 468 g/mol. The number of methoxy groups -OCH3 is 1. The third-order valence-electron chi connectivity index (χ3n) is 5.90. The zero-order chi connectivity index (χ0) is 24.7. The van der Waals surface area contributed by atoms with Gasteiger partial charge < -0.3 is 25.2 Å². The summed E-state index contributed by atoms with van der Waals surface area (Å²) >= 11 is 0. The maximum atomic E-state index is 12.7. The van der Waals surface area contributed by atoms with E-state index < -0.39 is 30.1 Å². The minimum Gasteiger partial charge on any atom is -0.481 e. The number of carboxylic acid groups (broad SMARTS) is 1. The second-order valence-electron chi connectivity index (χ2n) is 8.85. The van der Waals surface area contributed by atoms with Crippen LogP contribution in [0.3, 0.4) is 0 Å². The number of hydrogen-bond acceptors (Lipinski definition) is 5. The van der Waals surface area contributed by atoms with Gasteiger partial charge >= 0.3 is 12.1 Å².